The highest BCUT2D eigenvalue weighted by Crippen LogP contribution is 2.26. The van der Waals surface area contributed by atoms with Crippen LogP contribution in [0.5, 0.6) is 0 Å². The van der Waals surface area contributed by atoms with E-state index in [1.54, 1.807) is 0 Å². The van der Waals surface area contributed by atoms with Crippen LogP contribution in [0.2, 0.25) is 0 Å². The van der Waals surface area contributed by atoms with E-state index in [2.05, 4.69) is 19.2 Å². The second-order valence-electron chi connectivity index (χ2n) is 4.39. The van der Waals surface area contributed by atoms with Crippen molar-refractivity contribution in [3.8, 4) is 0 Å². The van der Waals surface area contributed by atoms with Crippen molar-refractivity contribution >= 4 is 11.8 Å². The summed E-state index contributed by atoms with van der Waals surface area (Å²) in [5.74, 6) is 0.0765. The summed E-state index contributed by atoms with van der Waals surface area (Å²) in [5, 5.41) is 3.29. The van der Waals surface area contributed by atoms with Gasteiger partial charge in [0.25, 0.3) is 0 Å². The maximum absolute atomic E-state index is 12.0. The topological polar surface area (TPSA) is 12.0 Å². The molecule has 0 aliphatic heterocycles. The lowest BCUT2D eigenvalue weighted by atomic mass is 10.2. The van der Waals surface area contributed by atoms with Crippen LogP contribution in [0.15, 0.2) is 29.2 Å². The molecule has 5 heteroatoms. The Kier molecular flexibility index (Phi) is 6.02. The zero-order valence-electron chi connectivity index (χ0n) is 10.6. The third kappa shape index (κ3) is 6.91. The molecule has 1 N–H and O–H groups in total. The molecule has 0 aliphatic rings. The Bertz CT molecular complexity index is 346. The number of rotatable bonds is 6. The molecule has 0 atom stereocenters. The number of halogens is 3. The Labute approximate surface area is 110 Å². The van der Waals surface area contributed by atoms with Gasteiger partial charge in [0.05, 0.1) is 6.42 Å². The average molecular weight is 277 g/mol. The molecular formula is C13H18F3NS. The van der Waals surface area contributed by atoms with Crippen LogP contribution in [0.3, 0.4) is 0 Å². The Morgan fingerprint density at radius 1 is 1.17 bits per heavy atom. The van der Waals surface area contributed by atoms with Crippen molar-refractivity contribution in [2.75, 3.05) is 5.75 Å². The molecule has 0 saturated carbocycles. The van der Waals surface area contributed by atoms with Gasteiger partial charge in [-0.15, -0.1) is 11.8 Å². The van der Waals surface area contributed by atoms with Crippen LogP contribution in [0.1, 0.15) is 25.8 Å². The van der Waals surface area contributed by atoms with Crippen LogP contribution in [-0.4, -0.2) is 18.0 Å². The highest BCUT2D eigenvalue weighted by Gasteiger charge is 2.26. The van der Waals surface area contributed by atoms with E-state index < -0.39 is 12.6 Å². The lowest BCUT2D eigenvalue weighted by molar-refractivity contribution is -0.129. The SMILES string of the molecule is CC(C)NCc1ccc(SCCC(F)(F)F)cc1. The summed E-state index contributed by atoms with van der Waals surface area (Å²) >= 11 is 1.24. The lowest BCUT2D eigenvalue weighted by Gasteiger charge is -2.09. The predicted molar refractivity (Wildman–Crippen MR) is 69.8 cm³/mol. The first-order chi connectivity index (χ1) is 8.37. The molecule has 0 aromatic heterocycles. The fourth-order valence-electron chi connectivity index (χ4n) is 1.31. The molecule has 0 aliphatic carbocycles. The van der Waals surface area contributed by atoms with Crippen LogP contribution in [0, 0.1) is 0 Å². The fraction of sp³-hybridized carbons (Fsp3) is 0.538. The largest absolute Gasteiger partial charge is 0.389 e. The molecule has 0 saturated heterocycles. The van der Waals surface area contributed by atoms with Gasteiger partial charge in [-0.1, -0.05) is 26.0 Å². The van der Waals surface area contributed by atoms with Crippen molar-refractivity contribution in [3.05, 3.63) is 29.8 Å². The molecule has 1 aromatic rings. The summed E-state index contributed by atoms with van der Waals surface area (Å²) in [6.45, 7) is 4.92. The van der Waals surface area contributed by atoms with Gasteiger partial charge in [0.1, 0.15) is 0 Å². The molecule has 0 unspecified atom stereocenters. The Hall–Kier alpha value is -0.680. The number of nitrogens with one attached hydrogen (secondary N) is 1. The van der Waals surface area contributed by atoms with Gasteiger partial charge in [-0.2, -0.15) is 13.2 Å². The quantitative estimate of drug-likeness (QED) is 0.781. The van der Waals surface area contributed by atoms with Gasteiger partial charge in [0.2, 0.25) is 0 Å². The summed E-state index contributed by atoms with van der Waals surface area (Å²) < 4.78 is 35.9. The van der Waals surface area contributed by atoms with E-state index in [9.17, 15) is 13.2 Å². The highest BCUT2D eigenvalue weighted by molar-refractivity contribution is 7.99. The fourth-order valence-corrected chi connectivity index (χ4v) is 2.21. The first-order valence-corrected chi connectivity index (χ1v) is 6.87. The van der Waals surface area contributed by atoms with Crippen molar-refractivity contribution in [1.29, 1.82) is 0 Å². The molecule has 0 fully saturated rings. The van der Waals surface area contributed by atoms with E-state index in [-0.39, 0.29) is 5.75 Å². The van der Waals surface area contributed by atoms with Gasteiger partial charge in [-0.05, 0) is 17.7 Å². The van der Waals surface area contributed by atoms with Gasteiger partial charge in [0.15, 0.2) is 0 Å². The Morgan fingerprint density at radius 3 is 2.28 bits per heavy atom. The summed E-state index contributed by atoms with van der Waals surface area (Å²) in [7, 11) is 0. The van der Waals surface area contributed by atoms with Crippen molar-refractivity contribution in [2.45, 2.75) is 43.9 Å². The van der Waals surface area contributed by atoms with E-state index in [1.165, 1.54) is 11.8 Å². The van der Waals surface area contributed by atoms with Crippen LogP contribution in [0.4, 0.5) is 13.2 Å². The van der Waals surface area contributed by atoms with E-state index >= 15 is 0 Å². The van der Waals surface area contributed by atoms with Gasteiger partial charge in [0, 0.05) is 23.2 Å². The third-order valence-electron chi connectivity index (χ3n) is 2.29. The van der Waals surface area contributed by atoms with Gasteiger partial charge in [-0.25, -0.2) is 0 Å². The lowest BCUT2D eigenvalue weighted by Crippen LogP contribution is -2.21. The molecule has 102 valence electrons. The number of hydrogen-bond acceptors (Lipinski definition) is 2. The molecule has 18 heavy (non-hydrogen) atoms. The van der Waals surface area contributed by atoms with Crippen molar-refractivity contribution < 1.29 is 13.2 Å². The molecule has 0 radical (unpaired) electrons. The molecule has 1 rings (SSSR count). The minimum atomic E-state index is -4.06. The molecular weight excluding hydrogens is 259 g/mol. The minimum Gasteiger partial charge on any atom is -0.310 e. The Balaban J connectivity index is 2.36. The minimum absolute atomic E-state index is 0.0765. The van der Waals surface area contributed by atoms with Crippen molar-refractivity contribution in [1.82, 2.24) is 5.32 Å². The molecule has 0 amide bonds. The van der Waals surface area contributed by atoms with E-state index in [4.69, 9.17) is 0 Å². The summed E-state index contributed by atoms with van der Waals surface area (Å²) in [4.78, 5) is 0.882. The average Bonchev–Trinajstić information content (AvgIpc) is 2.26. The number of benzene rings is 1. The van der Waals surface area contributed by atoms with Gasteiger partial charge in [-0.3, -0.25) is 0 Å². The maximum Gasteiger partial charge on any atom is 0.389 e. The number of alkyl halides is 3. The standard InChI is InChI=1S/C13H18F3NS/c1-10(2)17-9-11-3-5-12(6-4-11)18-8-7-13(14,15)16/h3-6,10,17H,7-9H2,1-2H3. The first kappa shape index (κ1) is 15.4. The maximum atomic E-state index is 12.0. The highest BCUT2D eigenvalue weighted by atomic mass is 32.2. The van der Waals surface area contributed by atoms with Crippen molar-refractivity contribution in [2.24, 2.45) is 0 Å². The first-order valence-electron chi connectivity index (χ1n) is 5.89. The van der Waals surface area contributed by atoms with Crippen LogP contribution >= 0.6 is 11.8 Å². The van der Waals surface area contributed by atoms with E-state index in [0.29, 0.717) is 6.04 Å². The zero-order chi connectivity index (χ0) is 13.6. The summed E-state index contributed by atoms with van der Waals surface area (Å²) in [5.41, 5.74) is 1.14. The molecule has 0 spiro atoms. The third-order valence-corrected chi connectivity index (χ3v) is 3.31. The van der Waals surface area contributed by atoms with Crippen LogP contribution in [0.25, 0.3) is 0 Å². The normalized spacial score (nSPS) is 12.1. The van der Waals surface area contributed by atoms with Crippen molar-refractivity contribution in [3.63, 3.8) is 0 Å². The van der Waals surface area contributed by atoms with Crippen LogP contribution in [-0.2, 0) is 6.54 Å². The number of thioether (sulfide) groups is 1. The van der Waals surface area contributed by atoms with Gasteiger partial charge < -0.3 is 5.32 Å². The molecule has 1 nitrogen and oxygen atoms in total. The second-order valence-corrected chi connectivity index (χ2v) is 5.56. The summed E-state index contributed by atoms with van der Waals surface area (Å²) in [6.07, 6.45) is -4.80. The molecule has 0 bridgehead atoms. The van der Waals surface area contributed by atoms with E-state index in [1.807, 2.05) is 24.3 Å². The predicted octanol–water partition coefficient (Wildman–Crippen LogP) is 4.23. The number of hydrogen-bond donors (Lipinski definition) is 1. The molecule has 0 heterocycles. The Morgan fingerprint density at radius 2 is 1.78 bits per heavy atom. The van der Waals surface area contributed by atoms with E-state index in [0.717, 1.165) is 17.0 Å². The molecule has 1 aromatic carbocycles. The monoisotopic (exact) mass is 277 g/mol. The smallest absolute Gasteiger partial charge is 0.310 e. The van der Waals surface area contributed by atoms with Crippen LogP contribution < -0.4 is 5.32 Å². The van der Waals surface area contributed by atoms with Gasteiger partial charge >= 0.3 is 6.18 Å². The second kappa shape index (κ2) is 7.04. The summed E-state index contributed by atoms with van der Waals surface area (Å²) in [6, 6.07) is 8.07. The zero-order valence-corrected chi connectivity index (χ0v) is 11.4.